The van der Waals surface area contributed by atoms with E-state index in [1.54, 1.807) is 13.8 Å². The van der Waals surface area contributed by atoms with E-state index >= 15 is 0 Å². The largest absolute Gasteiger partial charge is 0.460 e. The Morgan fingerprint density at radius 1 is 1.53 bits per heavy atom. The average molecular weight is 217 g/mol. The molecule has 3 nitrogen and oxygen atoms in total. The topological polar surface area (TPSA) is 52.3 Å². The monoisotopic (exact) mass is 217 g/mol. The Morgan fingerprint density at radius 3 is 2.60 bits per heavy atom. The molecule has 0 bridgehead atoms. The van der Waals surface area contributed by atoms with Gasteiger partial charge in [-0.3, -0.25) is 0 Å². The highest BCUT2D eigenvalue weighted by atomic mass is 19.1. The number of ether oxygens (including phenoxy) is 1. The van der Waals surface area contributed by atoms with Crippen LogP contribution in [0.5, 0.6) is 0 Å². The van der Waals surface area contributed by atoms with Crippen molar-refractivity contribution < 1.29 is 13.9 Å². The van der Waals surface area contributed by atoms with Gasteiger partial charge in [0.05, 0.1) is 11.8 Å². The summed E-state index contributed by atoms with van der Waals surface area (Å²) in [4.78, 5) is 11.1. The van der Waals surface area contributed by atoms with Gasteiger partial charge in [0.25, 0.3) is 0 Å². The maximum absolute atomic E-state index is 13.3. The molecular formula is C11H20FNO2. The molecule has 0 rings (SSSR count). The molecule has 1 atom stereocenters. The Labute approximate surface area is 90.5 Å². The second-order valence-corrected chi connectivity index (χ2v) is 3.74. The van der Waals surface area contributed by atoms with Crippen LogP contribution in [0, 0.1) is 0 Å². The summed E-state index contributed by atoms with van der Waals surface area (Å²) in [5.74, 6) is -0.582. The maximum atomic E-state index is 13.3. The Kier molecular flexibility index (Phi) is 6.75. The fraction of sp³-hybridized carbons (Fsp3) is 0.727. The number of carbonyl (C=O) groups is 1. The average Bonchev–Trinajstić information content (AvgIpc) is 2.12. The highest BCUT2D eigenvalue weighted by molar-refractivity contribution is 5.82. The van der Waals surface area contributed by atoms with Crippen molar-refractivity contribution in [1.82, 2.24) is 0 Å². The molecule has 4 heteroatoms. The third-order valence-corrected chi connectivity index (χ3v) is 1.81. The molecule has 0 fully saturated rings. The van der Waals surface area contributed by atoms with E-state index in [1.165, 1.54) is 0 Å². The lowest BCUT2D eigenvalue weighted by molar-refractivity contribution is -0.141. The molecule has 0 aliphatic heterocycles. The standard InChI is InChI=1S/C11H20FNO2/c1-4-5-6-9(12)10(13)7-11(14)15-8(2)3/h7-9H,4-6,13H2,1-3H3. The highest BCUT2D eigenvalue weighted by Crippen LogP contribution is 2.10. The summed E-state index contributed by atoms with van der Waals surface area (Å²) in [6.07, 6.45) is 1.59. The zero-order valence-corrected chi connectivity index (χ0v) is 9.63. The summed E-state index contributed by atoms with van der Waals surface area (Å²) in [6, 6.07) is 0. The first kappa shape index (κ1) is 13.9. The van der Waals surface area contributed by atoms with Gasteiger partial charge in [0.1, 0.15) is 6.17 Å². The van der Waals surface area contributed by atoms with Gasteiger partial charge in [0, 0.05) is 6.08 Å². The van der Waals surface area contributed by atoms with Crippen LogP contribution in [0.3, 0.4) is 0 Å². The van der Waals surface area contributed by atoms with Crippen molar-refractivity contribution in [2.24, 2.45) is 5.73 Å². The van der Waals surface area contributed by atoms with E-state index < -0.39 is 12.1 Å². The molecule has 0 saturated heterocycles. The maximum Gasteiger partial charge on any atom is 0.332 e. The van der Waals surface area contributed by atoms with E-state index in [2.05, 4.69) is 0 Å². The van der Waals surface area contributed by atoms with Gasteiger partial charge in [-0.05, 0) is 20.3 Å². The summed E-state index contributed by atoms with van der Waals surface area (Å²) >= 11 is 0. The van der Waals surface area contributed by atoms with Crippen LogP contribution in [0.15, 0.2) is 11.8 Å². The summed E-state index contributed by atoms with van der Waals surface area (Å²) in [5.41, 5.74) is 5.37. The molecule has 0 heterocycles. The molecule has 0 aliphatic carbocycles. The number of rotatable bonds is 6. The Balaban J connectivity index is 4.10. The van der Waals surface area contributed by atoms with E-state index in [9.17, 15) is 9.18 Å². The molecule has 0 aromatic carbocycles. The van der Waals surface area contributed by atoms with Crippen LogP contribution in [0.1, 0.15) is 40.0 Å². The molecule has 0 amide bonds. The zero-order valence-electron chi connectivity index (χ0n) is 9.63. The van der Waals surface area contributed by atoms with Crippen molar-refractivity contribution in [2.75, 3.05) is 0 Å². The third-order valence-electron chi connectivity index (χ3n) is 1.81. The summed E-state index contributed by atoms with van der Waals surface area (Å²) in [6.45, 7) is 5.43. The molecule has 0 radical (unpaired) electrons. The predicted molar refractivity (Wildman–Crippen MR) is 57.9 cm³/mol. The number of unbranched alkanes of at least 4 members (excludes halogenated alkanes) is 1. The number of allylic oxidation sites excluding steroid dienone is 1. The minimum atomic E-state index is -1.25. The van der Waals surface area contributed by atoms with Crippen molar-refractivity contribution in [1.29, 1.82) is 0 Å². The SMILES string of the molecule is CCCCC(F)C(N)=CC(=O)OC(C)C. The third kappa shape index (κ3) is 6.94. The van der Waals surface area contributed by atoms with Gasteiger partial charge in [-0.2, -0.15) is 0 Å². The number of carbonyl (C=O) groups excluding carboxylic acids is 1. The number of alkyl halides is 1. The van der Waals surface area contributed by atoms with Gasteiger partial charge in [-0.25, -0.2) is 9.18 Å². The quantitative estimate of drug-likeness (QED) is 0.548. The van der Waals surface area contributed by atoms with Crippen LogP contribution in [-0.2, 0) is 9.53 Å². The smallest absolute Gasteiger partial charge is 0.332 e. The summed E-state index contributed by atoms with van der Waals surface area (Å²) in [5, 5.41) is 0. The van der Waals surface area contributed by atoms with Gasteiger partial charge in [0.2, 0.25) is 0 Å². The molecule has 0 aromatic heterocycles. The molecule has 15 heavy (non-hydrogen) atoms. The van der Waals surface area contributed by atoms with Gasteiger partial charge in [-0.1, -0.05) is 19.8 Å². The molecular weight excluding hydrogens is 197 g/mol. The lowest BCUT2D eigenvalue weighted by Gasteiger charge is -2.09. The van der Waals surface area contributed by atoms with E-state index in [1.807, 2.05) is 6.92 Å². The van der Waals surface area contributed by atoms with Crippen molar-refractivity contribution in [3.05, 3.63) is 11.8 Å². The Bertz CT molecular complexity index is 227. The first-order valence-electron chi connectivity index (χ1n) is 5.29. The molecule has 2 N–H and O–H groups in total. The number of halogens is 1. The fourth-order valence-corrected chi connectivity index (χ4v) is 1.04. The van der Waals surface area contributed by atoms with E-state index in [0.717, 1.165) is 18.9 Å². The van der Waals surface area contributed by atoms with Gasteiger partial charge in [-0.15, -0.1) is 0 Å². The highest BCUT2D eigenvalue weighted by Gasteiger charge is 2.11. The first-order chi connectivity index (χ1) is 6.97. The second kappa shape index (κ2) is 7.26. The van der Waals surface area contributed by atoms with Crippen LogP contribution in [0.2, 0.25) is 0 Å². The molecule has 0 saturated carbocycles. The molecule has 0 aromatic rings. The number of hydrogen-bond acceptors (Lipinski definition) is 3. The van der Waals surface area contributed by atoms with Gasteiger partial charge in [0.15, 0.2) is 0 Å². The van der Waals surface area contributed by atoms with Crippen molar-refractivity contribution in [3.8, 4) is 0 Å². The normalized spacial score (nSPS) is 14.1. The van der Waals surface area contributed by atoms with Crippen molar-refractivity contribution >= 4 is 5.97 Å². The molecule has 88 valence electrons. The number of hydrogen-bond donors (Lipinski definition) is 1. The van der Waals surface area contributed by atoms with Crippen LogP contribution in [-0.4, -0.2) is 18.2 Å². The van der Waals surface area contributed by atoms with Crippen LogP contribution < -0.4 is 5.73 Å². The summed E-state index contributed by atoms with van der Waals surface area (Å²) < 4.78 is 18.1. The van der Waals surface area contributed by atoms with Crippen LogP contribution in [0.25, 0.3) is 0 Å². The molecule has 0 spiro atoms. The Hall–Kier alpha value is -1.06. The van der Waals surface area contributed by atoms with E-state index in [4.69, 9.17) is 10.5 Å². The van der Waals surface area contributed by atoms with Gasteiger partial charge < -0.3 is 10.5 Å². The van der Waals surface area contributed by atoms with Crippen molar-refractivity contribution in [2.45, 2.75) is 52.3 Å². The second-order valence-electron chi connectivity index (χ2n) is 3.74. The van der Waals surface area contributed by atoms with Gasteiger partial charge >= 0.3 is 5.97 Å². The summed E-state index contributed by atoms with van der Waals surface area (Å²) in [7, 11) is 0. The van der Waals surface area contributed by atoms with E-state index in [0.29, 0.717) is 6.42 Å². The molecule has 1 unspecified atom stereocenters. The minimum absolute atomic E-state index is 0.0471. The number of esters is 1. The minimum Gasteiger partial charge on any atom is -0.460 e. The lowest BCUT2D eigenvalue weighted by Crippen LogP contribution is -2.17. The first-order valence-corrected chi connectivity index (χ1v) is 5.29. The van der Waals surface area contributed by atoms with Crippen molar-refractivity contribution in [3.63, 3.8) is 0 Å². The molecule has 0 aliphatic rings. The lowest BCUT2D eigenvalue weighted by atomic mass is 10.1. The van der Waals surface area contributed by atoms with Crippen LogP contribution in [0.4, 0.5) is 4.39 Å². The van der Waals surface area contributed by atoms with Crippen LogP contribution >= 0.6 is 0 Å². The fourth-order valence-electron chi connectivity index (χ4n) is 1.04. The zero-order chi connectivity index (χ0) is 11.8. The van der Waals surface area contributed by atoms with E-state index in [-0.39, 0.29) is 11.8 Å². The number of nitrogens with two attached hydrogens (primary N) is 1. The Morgan fingerprint density at radius 2 is 2.13 bits per heavy atom. The predicted octanol–water partition coefficient (Wildman–Crippen LogP) is 2.31.